The highest BCUT2D eigenvalue weighted by molar-refractivity contribution is 5.85. The Labute approximate surface area is 135 Å². The van der Waals surface area contributed by atoms with Gasteiger partial charge in [0.15, 0.2) is 11.5 Å². The average molecular weight is 313 g/mol. The molecule has 0 saturated heterocycles. The largest absolute Gasteiger partial charge is 0.504 e. The van der Waals surface area contributed by atoms with Crippen LogP contribution in [0.2, 0.25) is 0 Å². The molecule has 2 aromatic rings. The van der Waals surface area contributed by atoms with Crippen LogP contribution in [0, 0.1) is 0 Å². The van der Waals surface area contributed by atoms with Gasteiger partial charge < -0.3 is 14.6 Å². The van der Waals surface area contributed by atoms with Crippen molar-refractivity contribution in [1.29, 1.82) is 0 Å². The molecule has 0 aliphatic heterocycles. The molecule has 0 aliphatic rings. The molecule has 0 fully saturated rings. The monoisotopic (exact) mass is 313 g/mol. The van der Waals surface area contributed by atoms with Crippen LogP contribution in [0.5, 0.6) is 11.5 Å². The number of carbonyl (C=O) groups is 1. The van der Waals surface area contributed by atoms with Crippen molar-refractivity contribution in [1.82, 2.24) is 0 Å². The molecule has 0 bridgehead atoms. The van der Waals surface area contributed by atoms with E-state index in [4.69, 9.17) is 9.47 Å². The Morgan fingerprint density at radius 3 is 2.57 bits per heavy atom. The Balaban J connectivity index is 2.28. The van der Waals surface area contributed by atoms with Gasteiger partial charge in [0, 0.05) is 11.8 Å². The van der Waals surface area contributed by atoms with Crippen molar-refractivity contribution in [3.05, 3.63) is 59.7 Å². The molecule has 5 heteroatoms. The first-order valence-electron chi connectivity index (χ1n) is 7.16. The number of aromatic hydroxyl groups is 1. The molecule has 0 aliphatic carbocycles. The summed E-state index contributed by atoms with van der Waals surface area (Å²) < 4.78 is 9.81. The smallest absolute Gasteiger partial charge is 0.308 e. The average Bonchev–Trinajstić information content (AvgIpc) is 2.60. The van der Waals surface area contributed by atoms with Crippen LogP contribution >= 0.6 is 0 Å². The van der Waals surface area contributed by atoms with Crippen LogP contribution in [0.4, 0.5) is 0 Å². The first-order chi connectivity index (χ1) is 11.2. The fraction of sp³-hybridized carbons (Fsp3) is 0.222. The van der Waals surface area contributed by atoms with Gasteiger partial charge in [-0.3, -0.25) is 9.79 Å². The molecule has 120 valence electrons. The lowest BCUT2D eigenvalue weighted by Gasteiger charge is -2.12. The molecule has 0 radical (unpaired) electrons. The van der Waals surface area contributed by atoms with Gasteiger partial charge >= 0.3 is 5.97 Å². The number of phenolic OH excluding ortho intramolecular Hbond substituents is 1. The van der Waals surface area contributed by atoms with E-state index in [0.29, 0.717) is 11.3 Å². The number of esters is 1. The first-order valence-corrected chi connectivity index (χ1v) is 7.16. The van der Waals surface area contributed by atoms with Gasteiger partial charge in [-0.05, 0) is 17.7 Å². The van der Waals surface area contributed by atoms with Gasteiger partial charge in [-0.15, -0.1) is 0 Å². The highest BCUT2D eigenvalue weighted by atomic mass is 16.5. The van der Waals surface area contributed by atoms with Gasteiger partial charge in [0.25, 0.3) is 0 Å². The molecule has 0 heterocycles. The van der Waals surface area contributed by atoms with Crippen molar-refractivity contribution in [2.45, 2.75) is 12.5 Å². The van der Waals surface area contributed by atoms with E-state index in [1.807, 2.05) is 30.3 Å². The summed E-state index contributed by atoms with van der Waals surface area (Å²) in [4.78, 5) is 16.1. The lowest BCUT2D eigenvalue weighted by atomic mass is 10.0. The van der Waals surface area contributed by atoms with Gasteiger partial charge in [-0.25, -0.2) is 0 Å². The fourth-order valence-corrected chi connectivity index (χ4v) is 2.15. The number of ether oxygens (including phenoxy) is 2. The number of hydrogen-bond donors (Lipinski definition) is 1. The molecule has 5 nitrogen and oxygen atoms in total. The zero-order valence-electron chi connectivity index (χ0n) is 13.1. The van der Waals surface area contributed by atoms with E-state index in [0.717, 1.165) is 5.56 Å². The molecular formula is C18H19NO4. The Bertz CT molecular complexity index is 683. The second-order valence-corrected chi connectivity index (χ2v) is 4.88. The third-order valence-electron chi connectivity index (χ3n) is 3.42. The van der Waals surface area contributed by atoms with E-state index in [9.17, 15) is 9.90 Å². The predicted octanol–water partition coefficient (Wildman–Crippen LogP) is 3.12. The van der Waals surface area contributed by atoms with Crippen molar-refractivity contribution >= 4 is 12.2 Å². The van der Waals surface area contributed by atoms with Gasteiger partial charge in [0.1, 0.15) is 0 Å². The summed E-state index contributed by atoms with van der Waals surface area (Å²) in [5, 5.41) is 10.1. The highest BCUT2D eigenvalue weighted by Crippen LogP contribution is 2.29. The Morgan fingerprint density at radius 2 is 1.91 bits per heavy atom. The molecule has 1 atom stereocenters. The molecule has 0 saturated carbocycles. The second-order valence-electron chi connectivity index (χ2n) is 4.88. The predicted molar refractivity (Wildman–Crippen MR) is 88.1 cm³/mol. The van der Waals surface area contributed by atoms with E-state index in [2.05, 4.69) is 4.99 Å². The number of para-hydroxylation sites is 1. The summed E-state index contributed by atoms with van der Waals surface area (Å²) in [5.74, 6) is 0.0488. The van der Waals surface area contributed by atoms with E-state index >= 15 is 0 Å². The van der Waals surface area contributed by atoms with Crippen LogP contribution < -0.4 is 4.74 Å². The third-order valence-corrected chi connectivity index (χ3v) is 3.42. The number of aliphatic imine (C=N–C) groups is 1. The minimum absolute atomic E-state index is 0.0172. The van der Waals surface area contributed by atoms with Crippen molar-refractivity contribution in [3.63, 3.8) is 0 Å². The van der Waals surface area contributed by atoms with Gasteiger partial charge in [-0.2, -0.15) is 0 Å². The molecule has 0 aromatic heterocycles. The summed E-state index contributed by atoms with van der Waals surface area (Å²) >= 11 is 0. The SMILES string of the molecule is COC(=O)C[C@@H](N=Cc1cccc(OC)c1O)c1ccccc1. The molecular weight excluding hydrogens is 294 g/mol. The molecule has 23 heavy (non-hydrogen) atoms. The summed E-state index contributed by atoms with van der Waals surface area (Å²) in [6.07, 6.45) is 1.67. The molecule has 0 amide bonds. The van der Waals surface area contributed by atoms with E-state index in [1.165, 1.54) is 14.2 Å². The van der Waals surface area contributed by atoms with Gasteiger partial charge in [0.2, 0.25) is 0 Å². The fourth-order valence-electron chi connectivity index (χ4n) is 2.15. The zero-order valence-corrected chi connectivity index (χ0v) is 13.1. The summed E-state index contributed by atoms with van der Waals surface area (Å²) in [5.41, 5.74) is 1.42. The van der Waals surface area contributed by atoms with Crippen molar-refractivity contribution in [2.24, 2.45) is 4.99 Å². The minimum Gasteiger partial charge on any atom is -0.504 e. The minimum atomic E-state index is -0.380. The Hall–Kier alpha value is -2.82. The van der Waals surface area contributed by atoms with Gasteiger partial charge in [-0.1, -0.05) is 36.4 Å². The maximum atomic E-state index is 11.6. The number of benzene rings is 2. The summed E-state index contributed by atoms with van der Waals surface area (Å²) in [6, 6.07) is 14.2. The quantitative estimate of drug-likeness (QED) is 0.657. The van der Waals surface area contributed by atoms with Crippen LogP contribution in [0.3, 0.4) is 0 Å². The maximum Gasteiger partial charge on any atom is 0.308 e. The Morgan fingerprint density at radius 1 is 1.17 bits per heavy atom. The highest BCUT2D eigenvalue weighted by Gasteiger charge is 2.15. The van der Waals surface area contributed by atoms with Crippen molar-refractivity contribution in [3.8, 4) is 11.5 Å². The second kappa shape index (κ2) is 7.98. The normalized spacial score (nSPS) is 12.1. The molecule has 0 unspecified atom stereocenters. The number of phenols is 1. The molecule has 2 rings (SSSR count). The van der Waals surface area contributed by atoms with Gasteiger partial charge in [0.05, 0.1) is 26.7 Å². The molecule has 0 spiro atoms. The third kappa shape index (κ3) is 4.32. The van der Waals surface area contributed by atoms with Crippen molar-refractivity contribution < 1.29 is 19.4 Å². The van der Waals surface area contributed by atoms with Crippen LogP contribution in [-0.4, -0.2) is 31.5 Å². The summed E-state index contributed by atoms with van der Waals surface area (Å²) in [7, 11) is 2.84. The molecule has 2 aromatic carbocycles. The van der Waals surface area contributed by atoms with Crippen LogP contribution in [0.15, 0.2) is 53.5 Å². The lowest BCUT2D eigenvalue weighted by molar-refractivity contribution is -0.141. The van der Waals surface area contributed by atoms with E-state index in [1.54, 1.807) is 24.4 Å². The van der Waals surface area contributed by atoms with E-state index in [-0.39, 0.29) is 24.2 Å². The van der Waals surface area contributed by atoms with Crippen LogP contribution in [0.1, 0.15) is 23.6 Å². The Kier molecular flexibility index (Phi) is 5.74. The van der Waals surface area contributed by atoms with Crippen LogP contribution in [0.25, 0.3) is 0 Å². The van der Waals surface area contributed by atoms with Crippen LogP contribution in [-0.2, 0) is 9.53 Å². The lowest BCUT2D eigenvalue weighted by Crippen LogP contribution is -2.07. The number of rotatable bonds is 6. The number of methoxy groups -OCH3 is 2. The van der Waals surface area contributed by atoms with E-state index < -0.39 is 0 Å². The zero-order chi connectivity index (χ0) is 16.7. The number of hydrogen-bond acceptors (Lipinski definition) is 5. The topological polar surface area (TPSA) is 68.1 Å². The first kappa shape index (κ1) is 16.5. The number of nitrogens with zero attached hydrogens (tertiary/aromatic N) is 1. The standard InChI is InChI=1S/C18H19NO4/c1-22-16-10-6-9-14(18(16)21)12-19-15(11-17(20)23-2)13-7-4-3-5-8-13/h3-10,12,15,21H,11H2,1-2H3/t15-/m1/s1. The maximum absolute atomic E-state index is 11.6. The van der Waals surface area contributed by atoms with Crippen molar-refractivity contribution in [2.75, 3.05) is 14.2 Å². The summed E-state index contributed by atoms with van der Waals surface area (Å²) in [6.45, 7) is 0. The number of carbonyl (C=O) groups excluding carboxylic acids is 1. The molecule has 1 N–H and O–H groups in total.